The molecule has 1 aromatic rings. The number of hydrogen-bond donors (Lipinski definition) is 2. The van der Waals surface area contributed by atoms with Crippen molar-refractivity contribution >= 4 is 17.9 Å². The van der Waals surface area contributed by atoms with Gasteiger partial charge in [-0.1, -0.05) is 56.5 Å². The summed E-state index contributed by atoms with van der Waals surface area (Å²) < 4.78 is 5.28. The molecular formula is C20H28N2O4. The van der Waals surface area contributed by atoms with Gasteiger partial charge in [0.15, 0.2) is 6.10 Å². The monoisotopic (exact) mass is 360 g/mol. The molecule has 6 heteroatoms. The van der Waals surface area contributed by atoms with Gasteiger partial charge in [0, 0.05) is 6.04 Å². The summed E-state index contributed by atoms with van der Waals surface area (Å²) in [5.74, 6) is -1.51. The van der Waals surface area contributed by atoms with E-state index in [1.807, 2.05) is 37.3 Å². The van der Waals surface area contributed by atoms with Crippen LogP contribution in [0, 0.1) is 0 Å². The van der Waals surface area contributed by atoms with Crippen molar-refractivity contribution in [2.45, 2.75) is 70.4 Å². The molecule has 0 saturated heterocycles. The van der Waals surface area contributed by atoms with E-state index in [0.29, 0.717) is 6.42 Å². The van der Waals surface area contributed by atoms with Crippen LogP contribution in [-0.2, 0) is 14.3 Å². The van der Waals surface area contributed by atoms with Gasteiger partial charge in [0.25, 0.3) is 5.91 Å². The van der Waals surface area contributed by atoms with E-state index in [2.05, 4.69) is 10.6 Å². The molecule has 0 bridgehead atoms. The minimum absolute atomic E-state index is 0.108. The zero-order valence-electron chi connectivity index (χ0n) is 15.5. The highest BCUT2D eigenvalue weighted by Crippen LogP contribution is 2.21. The molecular weight excluding hydrogens is 332 g/mol. The second kappa shape index (κ2) is 9.94. The van der Waals surface area contributed by atoms with Gasteiger partial charge >= 0.3 is 12.0 Å². The van der Waals surface area contributed by atoms with Gasteiger partial charge in [0.2, 0.25) is 0 Å². The fourth-order valence-corrected chi connectivity index (χ4v) is 3.22. The summed E-state index contributed by atoms with van der Waals surface area (Å²) in [6.07, 6.45) is 4.76. The van der Waals surface area contributed by atoms with Crippen LogP contribution in [0.15, 0.2) is 30.3 Å². The standard InChI is InChI=1S/C20H28N2O4/c1-3-17(15-10-6-4-7-11-15)19(24)26-14(2)18(23)22-20(25)21-16-12-8-5-9-13-16/h4,6-7,10-11,14,16-17H,3,5,8-9,12-13H2,1-2H3,(H2,21,22,23,25)/t14-,17+/m0/s1. The number of benzene rings is 1. The third-order valence-corrected chi connectivity index (χ3v) is 4.73. The Balaban J connectivity index is 1.83. The zero-order valence-corrected chi connectivity index (χ0v) is 15.5. The highest BCUT2D eigenvalue weighted by Gasteiger charge is 2.26. The van der Waals surface area contributed by atoms with Crippen LogP contribution in [0.1, 0.15) is 63.9 Å². The SMILES string of the molecule is CC[C@@H](C(=O)O[C@@H](C)C(=O)NC(=O)NC1CCCCC1)c1ccccc1. The Hall–Kier alpha value is -2.37. The van der Waals surface area contributed by atoms with Crippen molar-refractivity contribution in [1.82, 2.24) is 10.6 Å². The van der Waals surface area contributed by atoms with Crippen molar-refractivity contribution in [3.63, 3.8) is 0 Å². The predicted octanol–water partition coefficient (Wildman–Crippen LogP) is 3.27. The number of carbonyl (C=O) groups is 3. The molecule has 0 heterocycles. The van der Waals surface area contributed by atoms with E-state index in [1.54, 1.807) is 0 Å². The Morgan fingerprint density at radius 1 is 1.12 bits per heavy atom. The number of imide groups is 1. The molecule has 142 valence electrons. The van der Waals surface area contributed by atoms with Crippen LogP contribution in [0.4, 0.5) is 4.79 Å². The van der Waals surface area contributed by atoms with Gasteiger partial charge in [0.1, 0.15) is 0 Å². The van der Waals surface area contributed by atoms with Gasteiger partial charge in [-0.2, -0.15) is 0 Å². The molecule has 0 aliphatic heterocycles. The maximum absolute atomic E-state index is 12.4. The van der Waals surface area contributed by atoms with Crippen molar-refractivity contribution in [2.75, 3.05) is 0 Å². The average molecular weight is 360 g/mol. The van der Waals surface area contributed by atoms with Crippen LogP contribution < -0.4 is 10.6 Å². The Bertz CT molecular complexity index is 611. The normalized spacial score (nSPS) is 17.0. The lowest BCUT2D eigenvalue weighted by molar-refractivity contribution is -0.156. The van der Waals surface area contributed by atoms with Crippen molar-refractivity contribution < 1.29 is 19.1 Å². The van der Waals surface area contributed by atoms with Gasteiger partial charge in [-0.25, -0.2) is 4.79 Å². The fourth-order valence-electron chi connectivity index (χ4n) is 3.22. The topological polar surface area (TPSA) is 84.5 Å². The Labute approximate surface area is 154 Å². The molecule has 1 aliphatic rings. The van der Waals surface area contributed by atoms with Crippen LogP contribution in [0.3, 0.4) is 0 Å². The summed E-state index contributed by atoms with van der Waals surface area (Å²) in [5, 5.41) is 5.07. The van der Waals surface area contributed by atoms with E-state index >= 15 is 0 Å². The van der Waals surface area contributed by atoms with E-state index in [9.17, 15) is 14.4 Å². The van der Waals surface area contributed by atoms with Gasteiger partial charge < -0.3 is 10.1 Å². The molecule has 1 aliphatic carbocycles. The Morgan fingerprint density at radius 2 is 1.77 bits per heavy atom. The molecule has 0 radical (unpaired) electrons. The highest BCUT2D eigenvalue weighted by atomic mass is 16.5. The number of nitrogens with one attached hydrogen (secondary N) is 2. The number of esters is 1. The van der Waals surface area contributed by atoms with Crippen molar-refractivity contribution in [1.29, 1.82) is 0 Å². The smallest absolute Gasteiger partial charge is 0.321 e. The first-order chi connectivity index (χ1) is 12.5. The Kier molecular flexibility index (Phi) is 7.63. The number of urea groups is 1. The third-order valence-electron chi connectivity index (χ3n) is 4.73. The van der Waals surface area contributed by atoms with Crippen LogP contribution in [-0.4, -0.2) is 30.1 Å². The number of rotatable bonds is 6. The maximum Gasteiger partial charge on any atom is 0.321 e. The van der Waals surface area contributed by atoms with E-state index in [-0.39, 0.29) is 6.04 Å². The number of carbonyl (C=O) groups excluding carboxylic acids is 3. The number of hydrogen-bond acceptors (Lipinski definition) is 4. The van der Waals surface area contributed by atoms with Gasteiger partial charge in [-0.05, 0) is 31.7 Å². The highest BCUT2D eigenvalue weighted by molar-refractivity contribution is 5.97. The molecule has 0 spiro atoms. The first kappa shape index (κ1) is 19.9. The number of amides is 3. The van der Waals surface area contributed by atoms with E-state index < -0.39 is 29.9 Å². The molecule has 1 aromatic carbocycles. The van der Waals surface area contributed by atoms with Crippen molar-refractivity contribution in [3.8, 4) is 0 Å². The predicted molar refractivity (Wildman–Crippen MR) is 98.6 cm³/mol. The van der Waals surface area contributed by atoms with Crippen LogP contribution in [0.25, 0.3) is 0 Å². The van der Waals surface area contributed by atoms with E-state index in [1.165, 1.54) is 13.3 Å². The van der Waals surface area contributed by atoms with Gasteiger partial charge in [-0.3, -0.25) is 14.9 Å². The lowest BCUT2D eigenvalue weighted by Crippen LogP contribution is -2.48. The molecule has 2 atom stereocenters. The lowest BCUT2D eigenvalue weighted by atomic mass is 9.96. The lowest BCUT2D eigenvalue weighted by Gasteiger charge is -2.23. The van der Waals surface area contributed by atoms with Crippen molar-refractivity contribution in [3.05, 3.63) is 35.9 Å². The van der Waals surface area contributed by atoms with Gasteiger partial charge in [-0.15, -0.1) is 0 Å². The summed E-state index contributed by atoms with van der Waals surface area (Å²) in [5.41, 5.74) is 0.850. The molecule has 3 amide bonds. The van der Waals surface area contributed by atoms with Crippen LogP contribution in [0.2, 0.25) is 0 Å². The quantitative estimate of drug-likeness (QED) is 0.763. The van der Waals surface area contributed by atoms with Crippen LogP contribution >= 0.6 is 0 Å². The zero-order chi connectivity index (χ0) is 18.9. The first-order valence-corrected chi connectivity index (χ1v) is 9.38. The summed E-state index contributed by atoms with van der Waals surface area (Å²) in [4.78, 5) is 36.5. The summed E-state index contributed by atoms with van der Waals surface area (Å²) in [7, 11) is 0. The largest absolute Gasteiger partial charge is 0.452 e. The minimum Gasteiger partial charge on any atom is -0.452 e. The number of ether oxygens (including phenoxy) is 1. The van der Waals surface area contributed by atoms with Crippen molar-refractivity contribution in [2.24, 2.45) is 0 Å². The van der Waals surface area contributed by atoms with E-state index in [0.717, 1.165) is 31.2 Å². The fraction of sp³-hybridized carbons (Fsp3) is 0.550. The third kappa shape index (κ3) is 5.86. The second-order valence-electron chi connectivity index (χ2n) is 6.75. The molecule has 2 rings (SSSR count). The molecule has 1 saturated carbocycles. The molecule has 6 nitrogen and oxygen atoms in total. The summed E-state index contributed by atoms with van der Waals surface area (Å²) in [6.45, 7) is 3.36. The van der Waals surface area contributed by atoms with Crippen LogP contribution in [0.5, 0.6) is 0 Å². The molecule has 0 unspecified atom stereocenters. The minimum atomic E-state index is -1.03. The Morgan fingerprint density at radius 3 is 2.38 bits per heavy atom. The molecule has 1 fully saturated rings. The van der Waals surface area contributed by atoms with E-state index in [4.69, 9.17) is 4.74 Å². The summed E-state index contributed by atoms with van der Waals surface area (Å²) in [6, 6.07) is 8.89. The first-order valence-electron chi connectivity index (χ1n) is 9.38. The average Bonchev–Trinajstić information content (AvgIpc) is 2.63. The maximum atomic E-state index is 12.4. The summed E-state index contributed by atoms with van der Waals surface area (Å²) >= 11 is 0. The molecule has 2 N–H and O–H groups in total. The van der Waals surface area contributed by atoms with Gasteiger partial charge in [0.05, 0.1) is 5.92 Å². The molecule has 26 heavy (non-hydrogen) atoms. The molecule has 0 aromatic heterocycles. The second-order valence-corrected chi connectivity index (χ2v) is 6.75.